The Morgan fingerprint density at radius 3 is 2.14 bits per heavy atom. The average molecular weight is 507 g/mol. The van der Waals surface area contributed by atoms with Gasteiger partial charge in [-0.3, -0.25) is 9.59 Å². The maximum atomic E-state index is 13.6. The summed E-state index contributed by atoms with van der Waals surface area (Å²) in [4.78, 5) is 27.9. The SMILES string of the molecule is Cc1ccccc1CN(C(=O)CN(c1ccc(F)cc1)S(=O)(=O)N(C)C)[C@@H](C)C(=O)NCC(C)C. The van der Waals surface area contributed by atoms with E-state index in [1.807, 2.05) is 45.0 Å². The largest absolute Gasteiger partial charge is 0.354 e. The van der Waals surface area contributed by atoms with Gasteiger partial charge < -0.3 is 10.2 Å². The Kier molecular flexibility index (Phi) is 9.79. The molecule has 1 atom stereocenters. The Bertz CT molecular complexity index is 1120. The van der Waals surface area contributed by atoms with Gasteiger partial charge in [-0.25, -0.2) is 8.70 Å². The van der Waals surface area contributed by atoms with E-state index in [0.717, 1.165) is 31.9 Å². The number of amides is 2. The highest BCUT2D eigenvalue weighted by Crippen LogP contribution is 2.21. The molecular weight excluding hydrogens is 471 g/mol. The third-order valence-electron chi connectivity index (χ3n) is 5.59. The Morgan fingerprint density at radius 1 is 1.00 bits per heavy atom. The number of aryl methyl sites for hydroxylation is 1. The lowest BCUT2D eigenvalue weighted by atomic mass is 10.1. The van der Waals surface area contributed by atoms with Crippen LogP contribution in [0.15, 0.2) is 48.5 Å². The van der Waals surface area contributed by atoms with Crippen LogP contribution in [-0.2, 0) is 26.3 Å². The summed E-state index contributed by atoms with van der Waals surface area (Å²) >= 11 is 0. The summed E-state index contributed by atoms with van der Waals surface area (Å²) in [5.74, 6) is -1.19. The van der Waals surface area contributed by atoms with Crippen LogP contribution >= 0.6 is 0 Å². The summed E-state index contributed by atoms with van der Waals surface area (Å²) in [6.07, 6.45) is 0. The molecule has 192 valence electrons. The first kappa shape index (κ1) is 28.3. The summed E-state index contributed by atoms with van der Waals surface area (Å²) in [5, 5.41) is 2.84. The summed E-state index contributed by atoms with van der Waals surface area (Å²) in [5.41, 5.74) is 1.92. The highest BCUT2D eigenvalue weighted by atomic mass is 32.2. The van der Waals surface area contributed by atoms with E-state index in [0.29, 0.717) is 6.54 Å². The monoisotopic (exact) mass is 506 g/mol. The highest BCUT2D eigenvalue weighted by Gasteiger charge is 2.32. The molecule has 0 aliphatic carbocycles. The van der Waals surface area contributed by atoms with Gasteiger partial charge >= 0.3 is 10.2 Å². The lowest BCUT2D eigenvalue weighted by molar-refractivity contribution is -0.139. The predicted molar refractivity (Wildman–Crippen MR) is 135 cm³/mol. The molecule has 2 rings (SSSR count). The minimum absolute atomic E-state index is 0.126. The van der Waals surface area contributed by atoms with Gasteiger partial charge in [0.25, 0.3) is 0 Å². The summed E-state index contributed by atoms with van der Waals surface area (Å²) in [6.45, 7) is 7.48. The first-order chi connectivity index (χ1) is 16.3. The van der Waals surface area contributed by atoms with E-state index in [1.165, 1.54) is 31.1 Å². The minimum atomic E-state index is -4.09. The molecule has 2 aromatic rings. The van der Waals surface area contributed by atoms with Crippen molar-refractivity contribution in [1.82, 2.24) is 14.5 Å². The van der Waals surface area contributed by atoms with Gasteiger partial charge in [-0.15, -0.1) is 0 Å². The van der Waals surface area contributed by atoms with Crippen molar-refractivity contribution in [2.24, 2.45) is 5.92 Å². The molecule has 2 amide bonds. The fraction of sp³-hybridized carbons (Fsp3) is 0.440. The van der Waals surface area contributed by atoms with Gasteiger partial charge in [-0.1, -0.05) is 38.1 Å². The second-order valence-electron chi connectivity index (χ2n) is 9.04. The average Bonchev–Trinajstić information content (AvgIpc) is 2.80. The van der Waals surface area contributed by atoms with Crippen LogP contribution in [0.2, 0.25) is 0 Å². The molecule has 0 unspecified atom stereocenters. The van der Waals surface area contributed by atoms with Crippen molar-refractivity contribution in [2.45, 2.75) is 40.3 Å². The van der Waals surface area contributed by atoms with Gasteiger partial charge in [0.1, 0.15) is 18.4 Å². The quantitative estimate of drug-likeness (QED) is 0.508. The van der Waals surface area contributed by atoms with Crippen molar-refractivity contribution in [3.63, 3.8) is 0 Å². The number of hydrogen-bond acceptors (Lipinski definition) is 4. The van der Waals surface area contributed by atoms with E-state index >= 15 is 0 Å². The second-order valence-corrected chi connectivity index (χ2v) is 11.1. The normalized spacial score (nSPS) is 12.5. The van der Waals surface area contributed by atoms with E-state index in [9.17, 15) is 22.4 Å². The fourth-order valence-corrected chi connectivity index (χ4v) is 4.39. The number of nitrogens with zero attached hydrogens (tertiary/aromatic N) is 3. The molecular formula is C25H35FN4O4S. The predicted octanol–water partition coefficient (Wildman–Crippen LogP) is 2.94. The molecule has 0 saturated heterocycles. The van der Waals surface area contributed by atoms with Gasteiger partial charge in [0, 0.05) is 27.2 Å². The van der Waals surface area contributed by atoms with Crippen molar-refractivity contribution >= 4 is 27.7 Å². The van der Waals surface area contributed by atoms with Crippen LogP contribution in [0.4, 0.5) is 10.1 Å². The summed E-state index contributed by atoms with van der Waals surface area (Å²) in [6, 6.07) is 11.5. The smallest absolute Gasteiger partial charge is 0.304 e. The molecule has 0 saturated carbocycles. The maximum absolute atomic E-state index is 13.6. The van der Waals surface area contributed by atoms with Gasteiger partial charge in [-0.2, -0.15) is 12.7 Å². The van der Waals surface area contributed by atoms with Crippen LogP contribution < -0.4 is 9.62 Å². The van der Waals surface area contributed by atoms with Gasteiger partial charge in [0.05, 0.1) is 5.69 Å². The summed E-state index contributed by atoms with van der Waals surface area (Å²) in [7, 11) is -1.38. The number of rotatable bonds is 11. The highest BCUT2D eigenvalue weighted by molar-refractivity contribution is 7.90. The Balaban J connectivity index is 2.44. The molecule has 10 heteroatoms. The van der Waals surface area contributed by atoms with Crippen LogP contribution in [0.3, 0.4) is 0 Å². The summed E-state index contributed by atoms with van der Waals surface area (Å²) < 4.78 is 41.5. The Morgan fingerprint density at radius 2 is 1.60 bits per heavy atom. The molecule has 0 aliphatic heterocycles. The molecule has 0 aromatic heterocycles. The number of halogens is 1. The zero-order valence-electron chi connectivity index (χ0n) is 21.2. The molecule has 0 fully saturated rings. The fourth-order valence-electron chi connectivity index (χ4n) is 3.33. The van der Waals surface area contributed by atoms with Crippen molar-refractivity contribution in [1.29, 1.82) is 0 Å². The van der Waals surface area contributed by atoms with Gasteiger partial charge in [0.15, 0.2) is 0 Å². The molecule has 35 heavy (non-hydrogen) atoms. The lowest BCUT2D eigenvalue weighted by Crippen LogP contribution is -2.52. The number of hydrogen-bond donors (Lipinski definition) is 1. The van der Waals surface area contributed by atoms with Crippen LogP contribution in [0.5, 0.6) is 0 Å². The van der Waals surface area contributed by atoms with E-state index in [2.05, 4.69) is 5.32 Å². The molecule has 0 radical (unpaired) electrons. The van der Waals surface area contributed by atoms with E-state index < -0.39 is 34.5 Å². The van der Waals surface area contributed by atoms with Crippen molar-refractivity contribution in [3.8, 4) is 0 Å². The van der Waals surface area contributed by atoms with Crippen LogP contribution in [0, 0.1) is 18.7 Å². The van der Waals surface area contributed by atoms with Gasteiger partial charge in [0.2, 0.25) is 11.8 Å². The van der Waals surface area contributed by atoms with E-state index in [1.54, 1.807) is 6.92 Å². The zero-order valence-corrected chi connectivity index (χ0v) is 22.0. The molecule has 0 bridgehead atoms. The van der Waals surface area contributed by atoms with Crippen molar-refractivity contribution in [3.05, 3.63) is 65.5 Å². The number of benzene rings is 2. The number of anilines is 1. The third kappa shape index (κ3) is 7.50. The van der Waals surface area contributed by atoms with E-state index in [-0.39, 0.29) is 24.1 Å². The van der Waals surface area contributed by atoms with Crippen LogP contribution in [0.25, 0.3) is 0 Å². The number of carbonyl (C=O) groups is 2. The molecule has 0 aliphatic rings. The Labute approximate surface area is 207 Å². The van der Waals surface area contributed by atoms with Crippen molar-refractivity contribution in [2.75, 3.05) is 31.5 Å². The minimum Gasteiger partial charge on any atom is -0.354 e. The standard InChI is InChI=1S/C25H35FN4O4S/c1-18(2)15-27-25(32)20(4)29(16-21-10-8-7-9-19(21)3)24(31)17-30(35(33,34)28(5)6)23-13-11-22(26)12-14-23/h7-14,18,20H,15-17H2,1-6H3,(H,27,32)/t20-/m0/s1. The topological polar surface area (TPSA) is 90.0 Å². The van der Waals surface area contributed by atoms with Gasteiger partial charge in [-0.05, 0) is 55.2 Å². The van der Waals surface area contributed by atoms with Crippen molar-refractivity contribution < 1.29 is 22.4 Å². The molecule has 0 spiro atoms. The molecule has 8 nitrogen and oxygen atoms in total. The lowest BCUT2D eigenvalue weighted by Gasteiger charge is -2.33. The Hall–Kier alpha value is -2.98. The van der Waals surface area contributed by atoms with Crippen LogP contribution in [0.1, 0.15) is 31.9 Å². The first-order valence-electron chi connectivity index (χ1n) is 11.4. The molecule has 1 N–H and O–H groups in total. The maximum Gasteiger partial charge on any atom is 0.304 e. The molecule has 2 aromatic carbocycles. The number of nitrogens with one attached hydrogen (secondary N) is 1. The molecule has 0 heterocycles. The van der Waals surface area contributed by atoms with Crippen LogP contribution in [-0.4, -0.2) is 62.7 Å². The first-order valence-corrected chi connectivity index (χ1v) is 12.8. The number of carbonyl (C=O) groups excluding carboxylic acids is 2. The van der Waals surface area contributed by atoms with E-state index in [4.69, 9.17) is 0 Å². The second kappa shape index (κ2) is 12.1. The third-order valence-corrected chi connectivity index (χ3v) is 7.41. The zero-order chi connectivity index (χ0) is 26.3.